The Morgan fingerprint density at radius 2 is 2.38 bits per heavy atom. The normalized spacial score (nSPS) is 19.4. The topological polar surface area (TPSA) is 67.2 Å². The Hall–Kier alpha value is -1.52. The van der Waals surface area contributed by atoms with E-state index in [0.29, 0.717) is 30.1 Å². The Morgan fingerprint density at radius 1 is 1.62 bits per heavy atom. The number of carbonyl (C=O) groups is 1. The number of unbranched alkanes of at least 4 members (excludes halogenated alkanes) is 1. The van der Waals surface area contributed by atoms with Crippen LogP contribution in [0.15, 0.2) is 0 Å². The molecule has 2 heterocycles. The Labute approximate surface area is 94.4 Å². The molecule has 5 nitrogen and oxygen atoms in total. The van der Waals surface area contributed by atoms with E-state index in [4.69, 9.17) is 0 Å². The number of nitrogens with one attached hydrogen (secondary N) is 1. The number of imidazole rings is 1. The van der Waals surface area contributed by atoms with Gasteiger partial charge in [0.05, 0.1) is 5.69 Å². The molecule has 0 fully saturated rings. The van der Waals surface area contributed by atoms with Crippen molar-refractivity contribution < 1.29 is 10.0 Å². The minimum atomic E-state index is -0.181. The zero-order valence-electron chi connectivity index (χ0n) is 9.66. The lowest BCUT2D eigenvalue weighted by atomic mass is 10.1. The first kappa shape index (κ1) is 11.0. The van der Waals surface area contributed by atoms with Crippen LogP contribution in [0, 0.1) is 0 Å². The van der Waals surface area contributed by atoms with E-state index >= 15 is 0 Å². The molecule has 1 aliphatic heterocycles. The van der Waals surface area contributed by atoms with Crippen molar-refractivity contribution >= 4 is 5.91 Å². The Morgan fingerprint density at radius 3 is 3.06 bits per heavy atom. The third kappa shape index (κ3) is 1.77. The molecule has 0 aliphatic carbocycles. The van der Waals surface area contributed by atoms with Gasteiger partial charge in [0.25, 0.3) is 5.91 Å². The van der Waals surface area contributed by atoms with Crippen LogP contribution in [0.3, 0.4) is 0 Å². The molecule has 1 aromatic heterocycles. The number of amides is 1. The van der Waals surface area contributed by atoms with Crippen LogP contribution in [-0.4, -0.2) is 26.9 Å². The first-order valence-corrected chi connectivity index (χ1v) is 5.74. The minimum absolute atomic E-state index is 0.0571. The molecular weight excluding hydrogens is 206 g/mol. The summed E-state index contributed by atoms with van der Waals surface area (Å²) in [4.78, 5) is 15.8. The predicted octanol–water partition coefficient (Wildman–Crippen LogP) is 1.14. The van der Waals surface area contributed by atoms with Crippen molar-refractivity contribution in [1.29, 1.82) is 0 Å². The van der Waals surface area contributed by atoms with E-state index in [1.165, 1.54) is 0 Å². The van der Waals surface area contributed by atoms with Crippen molar-refractivity contribution in [3.05, 3.63) is 17.2 Å². The summed E-state index contributed by atoms with van der Waals surface area (Å²) in [7, 11) is 0. The number of rotatable bonds is 3. The fourth-order valence-corrected chi connectivity index (χ4v) is 1.99. The van der Waals surface area contributed by atoms with Crippen LogP contribution >= 0.6 is 0 Å². The number of carbonyl (C=O) groups excluding carboxylic acids is 1. The van der Waals surface area contributed by atoms with Crippen LogP contribution in [-0.2, 0) is 12.8 Å². The summed E-state index contributed by atoms with van der Waals surface area (Å²) < 4.78 is 1.10. The molecule has 0 saturated carbocycles. The number of aromatic nitrogens is 2. The number of hydrogen-bond donors (Lipinski definition) is 2. The molecule has 0 aromatic carbocycles. The third-order valence-electron chi connectivity index (χ3n) is 2.86. The molecule has 0 radical (unpaired) electrons. The average Bonchev–Trinajstić information content (AvgIpc) is 2.54. The molecule has 0 spiro atoms. The van der Waals surface area contributed by atoms with Gasteiger partial charge in [0.1, 0.15) is 5.82 Å². The van der Waals surface area contributed by atoms with E-state index in [2.05, 4.69) is 17.2 Å². The lowest BCUT2D eigenvalue weighted by Gasteiger charge is -2.18. The van der Waals surface area contributed by atoms with Crippen LogP contribution in [0.4, 0.5) is 0 Å². The van der Waals surface area contributed by atoms with Crippen molar-refractivity contribution in [3.63, 3.8) is 0 Å². The van der Waals surface area contributed by atoms with Gasteiger partial charge >= 0.3 is 0 Å². The Kier molecular flexibility index (Phi) is 2.85. The van der Waals surface area contributed by atoms with Crippen molar-refractivity contribution in [3.8, 4) is 0 Å². The molecule has 0 saturated heterocycles. The van der Waals surface area contributed by atoms with Crippen LogP contribution < -0.4 is 5.32 Å². The van der Waals surface area contributed by atoms with Crippen molar-refractivity contribution in [2.75, 3.05) is 0 Å². The Balaban J connectivity index is 2.32. The van der Waals surface area contributed by atoms with E-state index in [-0.39, 0.29) is 11.9 Å². The second-order valence-electron chi connectivity index (χ2n) is 4.32. The van der Waals surface area contributed by atoms with Gasteiger partial charge < -0.3 is 10.5 Å². The smallest absolute Gasteiger partial charge is 0.272 e. The van der Waals surface area contributed by atoms with Crippen molar-refractivity contribution in [2.45, 2.75) is 45.6 Å². The zero-order chi connectivity index (χ0) is 11.7. The van der Waals surface area contributed by atoms with Crippen molar-refractivity contribution in [1.82, 2.24) is 15.0 Å². The maximum absolute atomic E-state index is 11.6. The summed E-state index contributed by atoms with van der Waals surface area (Å²) in [5, 5.41) is 12.7. The van der Waals surface area contributed by atoms with Gasteiger partial charge in [0.15, 0.2) is 5.69 Å². The van der Waals surface area contributed by atoms with E-state index < -0.39 is 0 Å². The SMILES string of the molecule is CCCCc1nc2c(n1O)CC(C)NC2=O. The largest absolute Gasteiger partial charge is 0.427 e. The molecule has 88 valence electrons. The molecule has 1 atom stereocenters. The van der Waals surface area contributed by atoms with Gasteiger partial charge in [-0.05, 0) is 13.3 Å². The standard InChI is InChI=1S/C11H17N3O2/c1-3-4-5-9-13-10-8(14(9)16)6-7(2)12-11(10)15/h7,16H,3-6H2,1-2H3,(H,12,15). The summed E-state index contributed by atoms with van der Waals surface area (Å²) in [6, 6.07) is 0.0571. The molecule has 2 rings (SSSR count). The second-order valence-corrected chi connectivity index (χ2v) is 4.32. The first-order valence-electron chi connectivity index (χ1n) is 5.74. The highest BCUT2D eigenvalue weighted by Crippen LogP contribution is 2.18. The fraction of sp³-hybridized carbons (Fsp3) is 0.636. The van der Waals surface area contributed by atoms with Gasteiger partial charge in [-0.2, -0.15) is 4.73 Å². The highest BCUT2D eigenvalue weighted by molar-refractivity contribution is 5.94. The minimum Gasteiger partial charge on any atom is -0.427 e. The highest BCUT2D eigenvalue weighted by Gasteiger charge is 2.28. The lowest BCUT2D eigenvalue weighted by molar-refractivity contribution is 0.0914. The Bertz CT molecular complexity index is 412. The zero-order valence-corrected chi connectivity index (χ0v) is 9.66. The van der Waals surface area contributed by atoms with Gasteiger partial charge in [-0.1, -0.05) is 13.3 Å². The molecular formula is C11H17N3O2. The van der Waals surface area contributed by atoms with Gasteiger partial charge in [-0.3, -0.25) is 4.79 Å². The number of hydrogen-bond acceptors (Lipinski definition) is 3. The number of nitrogens with zero attached hydrogens (tertiary/aromatic N) is 2. The first-order chi connectivity index (χ1) is 7.63. The third-order valence-corrected chi connectivity index (χ3v) is 2.86. The monoisotopic (exact) mass is 223 g/mol. The summed E-state index contributed by atoms with van der Waals surface area (Å²) in [6.07, 6.45) is 3.35. The van der Waals surface area contributed by atoms with Gasteiger partial charge in [0.2, 0.25) is 0 Å². The molecule has 16 heavy (non-hydrogen) atoms. The highest BCUT2D eigenvalue weighted by atomic mass is 16.5. The van der Waals surface area contributed by atoms with E-state index in [1.54, 1.807) is 0 Å². The molecule has 2 N–H and O–H groups in total. The summed E-state index contributed by atoms with van der Waals surface area (Å²) in [5.41, 5.74) is 1.02. The van der Waals surface area contributed by atoms with Crippen LogP contribution in [0.2, 0.25) is 0 Å². The fourth-order valence-electron chi connectivity index (χ4n) is 1.99. The maximum Gasteiger partial charge on any atom is 0.272 e. The second kappa shape index (κ2) is 4.15. The van der Waals surface area contributed by atoms with Gasteiger partial charge in [-0.15, -0.1) is 0 Å². The molecule has 0 bridgehead atoms. The average molecular weight is 223 g/mol. The van der Waals surface area contributed by atoms with Crippen LogP contribution in [0.25, 0.3) is 0 Å². The van der Waals surface area contributed by atoms with Gasteiger partial charge in [0, 0.05) is 18.9 Å². The predicted molar refractivity (Wildman–Crippen MR) is 58.7 cm³/mol. The maximum atomic E-state index is 11.6. The summed E-state index contributed by atoms with van der Waals surface area (Å²) in [5.74, 6) is 0.412. The molecule has 1 amide bonds. The molecule has 5 heteroatoms. The van der Waals surface area contributed by atoms with Crippen molar-refractivity contribution in [2.24, 2.45) is 0 Å². The number of fused-ring (bicyclic) bond motifs is 1. The van der Waals surface area contributed by atoms with Crippen LogP contribution in [0.5, 0.6) is 0 Å². The van der Waals surface area contributed by atoms with Crippen LogP contribution in [0.1, 0.15) is 48.7 Å². The van der Waals surface area contributed by atoms with E-state index in [0.717, 1.165) is 17.6 Å². The summed E-state index contributed by atoms with van der Waals surface area (Å²) in [6.45, 7) is 4.00. The summed E-state index contributed by atoms with van der Waals surface area (Å²) >= 11 is 0. The quantitative estimate of drug-likeness (QED) is 0.755. The molecule has 1 aliphatic rings. The van der Waals surface area contributed by atoms with Gasteiger partial charge in [-0.25, -0.2) is 4.98 Å². The number of aryl methyl sites for hydroxylation is 1. The molecule has 1 unspecified atom stereocenters. The lowest BCUT2D eigenvalue weighted by Crippen LogP contribution is -2.39. The van der Waals surface area contributed by atoms with E-state index in [9.17, 15) is 10.0 Å². The molecule has 1 aromatic rings. The van der Waals surface area contributed by atoms with E-state index in [1.807, 2.05) is 6.92 Å².